The van der Waals surface area contributed by atoms with E-state index in [0.29, 0.717) is 0 Å². The van der Waals surface area contributed by atoms with Gasteiger partial charge in [0.15, 0.2) is 0 Å². The molecule has 0 bridgehead atoms. The summed E-state index contributed by atoms with van der Waals surface area (Å²) >= 11 is 0. The number of hydrogen-bond donors (Lipinski definition) is 4. The van der Waals surface area contributed by atoms with Gasteiger partial charge >= 0.3 is 0 Å². The van der Waals surface area contributed by atoms with E-state index < -0.39 is 0 Å². The number of aromatic amines is 4. The van der Waals surface area contributed by atoms with Crippen LogP contribution in [0.25, 0.3) is 110 Å². The van der Waals surface area contributed by atoms with Gasteiger partial charge in [0.25, 0.3) is 0 Å². The third-order valence-electron chi connectivity index (χ3n) is 11.1. The summed E-state index contributed by atoms with van der Waals surface area (Å²) in [4.78, 5) is 14.2. The van der Waals surface area contributed by atoms with Crippen LogP contribution in [0.1, 0.15) is 0 Å². The number of para-hydroxylation sites is 4. The predicted molar refractivity (Wildman–Crippen MR) is 237 cm³/mol. The van der Waals surface area contributed by atoms with E-state index in [1.165, 1.54) is 87.4 Å². The van der Waals surface area contributed by atoms with E-state index in [1.54, 1.807) is 0 Å². The Morgan fingerprint density at radius 3 is 0.982 bits per heavy atom. The lowest BCUT2D eigenvalue weighted by Crippen LogP contribution is -1.85. The zero-order valence-corrected chi connectivity index (χ0v) is 30.5. The minimum absolute atomic E-state index is 1.15. The molecule has 56 heavy (non-hydrogen) atoms. The molecular weight excluding hydrogens is 681 g/mol. The summed E-state index contributed by atoms with van der Waals surface area (Å²) in [5, 5.41) is 9.96. The van der Waals surface area contributed by atoms with Crippen molar-refractivity contribution in [1.82, 2.24) is 19.9 Å². The van der Waals surface area contributed by atoms with E-state index in [2.05, 4.69) is 214 Å². The first-order valence-corrected chi connectivity index (χ1v) is 19.1. The lowest BCUT2D eigenvalue weighted by molar-refractivity contribution is 1.45. The molecule has 0 amide bonds. The molecule has 0 spiro atoms. The molecule has 8 aromatic carbocycles. The molecule has 0 fully saturated rings. The molecule has 4 heteroatoms. The Labute approximate surface area is 323 Å². The predicted octanol–water partition coefficient (Wildman–Crippen LogP) is 14.3. The third kappa shape index (κ3) is 5.64. The van der Waals surface area contributed by atoms with Gasteiger partial charge in [-0.25, -0.2) is 0 Å². The zero-order valence-electron chi connectivity index (χ0n) is 30.5. The Hall–Kier alpha value is -7.56. The van der Waals surface area contributed by atoms with Crippen LogP contribution in [0.3, 0.4) is 0 Å². The van der Waals surface area contributed by atoms with E-state index in [4.69, 9.17) is 0 Å². The Kier molecular flexibility index (Phi) is 7.46. The van der Waals surface area contributed by atoms with Crippen LogP contribution in [-0.2, 0) is 0 Å². The minimum Gasteiger partial charge on any atom is -0.355 e. The summed E-state index contributed by atoms with van der Waals surface area (Å²) < 4.78 is 0. The van der Waals surface area contributed by atoms with Gasteiger partial charge in [-0.2, -0.15) is 0 Å². The van der Waals surface area contributed by atoms with E-state index in [-0.39, 0.29) is 0 Å². The van der Waals surface area contributed by atoms with E-state index in [0.717, 1.165) is 22.8 Å². The number of H-pyrrole nitrogens is 4. The smallest absolute Gasteiger partial charge is 0.0471 e. The van der Waals surface area contributed by atoms with Gasteiger partial charge in [-0.1, -0.05) is 133 Å². The Morgan fingerprint density at radius 2 is 0.589 bits per heavy atom. The molecule has 0 aliphatic rings. The maximum atomic E-state index is 3.58. The van der Waals surface area contributed by atoms with Crippen molar-refractivity contribution in [2.24, 2.45) is 0 Å². The maximum Gasteiger partial charge on any atom is 0.0471 e. The second-order valence-corrected chi connectivity index (χ2v) is 14.6. The molecular formula is C52H36N4. The number of aromatic nitrogens is 4. The highest BCUT2D eigenvalue weighted by molar-refractivity contribution is 6.06. The number of benzene rings is 8. The van der Waals surface area contributed by atoms with Gasteiger partial charge in [-0.05, 0) is 93.3 Å². The van der Waals surface area contributed by atoms with Crippen LogP contribution in [0.2, 0.25) is 0 Å². The minimum atomic E-state index is 1.15. The first kappa shape index (κ1) is 31.9. The summed E-state index contributed by atoms with van der Waals surface area (Å²) in [6.45, 7) is 0. The number of nitrogens with one attached hydrogen (secondary N) is 4. The average Bonchev–Trinajstić information content (AvgIpc) is 4.07. The summed E-state index contributed by atoms with van der Waals surface area (Å²) in [7, 11) is 0. The van der Waals surface area contributed by atoms with Crippen molar-refractivity contribution in [3.05, 3.63) is 194 Å². The second kappa shape index (κ2) is 13.1. The summed E-state index contributed by atoms with van der Waals surface area (Å²) in [6.07, 6.45) is 0. The largest absolute Gasteiger partial charge is 0.355 e. The molecule has 12 rings (SSSR count). The van der Waals surface area contributed by atoms with Gasteiger partial charge in [0.2, 0.25) is 0 Å². The first-order chi connectivity index (χ1) is 27.7. The van der Waals surface area contributed by atoms with Crippen molar-refractivity contribution < 1.29 is 0 Å². The fourth-order valence-electron chi connectivity index (χ4n) is 8.26. The normalized spacial score (nSPS) is 11.6. The molecule has 264 valence electrons. The van der Waals surface area contributed by atoms with Crippen molar-refractivity contribution in [2.75, 3.05) is 0 Å². The molecule has 0 radical (unpaired) electrons. The van der Waals surface area contributed by atoms with Crippen LogP contribution in [0.4, 0.5) is 0 Å². The summed E-state index contributed by atoms with van der Waals surface area (Å²) in [5.74, 6) is 0. The monoisotopic (exact) mass is 716 g/mol. The van der Waals surface area contributed by atoms with Crippen molar-refractivity contribution in [2.45, 2.75) is 0 Å². The first-order valence-electron chi connectivity index (χ1n) is 19.1. The zero-order chi connectivity index (χ0) is 37.0. The second-order valence-electron chi connectivity index (χ2n) is 14.6. The van der Waals surface area contributed by atoms with Gasteiger partial charge in [-0.15, -0.1) is 0 Å². The van der Waals surface area contributed by atoms with Crippen LogP contribution in [0, 0.1) is 0 Å². The fourth-order valence-corrected chi connectivity index (χ4v) is 8.26. The number of rotatable bonds is 4. The maximum absolute atomic E-state index is 3.58. The Bertz CT molecular complexity index is 3030. The lowest BCUT2D eigenvalue weighted by atomic mass is 9.97. The molecule has 0 atom stereocenters. The molecule has 0 saturated heterocycles. The van der Waals surface area contributed by atoms with E-state index >= 15 is 0 Å². The molecule has 4 nitrogen and oxygen atoms in total. The fraction of sp³-hybridized carbons (Fsp3) is 0. The lowest BCUT2D eigenvalue weighted by Gasteiger charge is -2.09. The highest BCUT2D eigenvalue weighted by atomic mass is 14.7. The molecule has 0 aliphatic carbocycles. The van der Waals surface area contributed by atoms with Crippen LogP contribution in [0.15, 0.2) is 194 Å². The topological polar surface area (TPSA) is 63.2 Å². The molecule has 4 heterocycles. The quantitative estimate of drug-likeness (QED) is 0.140. The summed E-state index contributed by atoms with van der Waals surface area (Å²) in [5.41, 5.74) is 14.2. The van der Waals surface area contributed by atoms with E-state index in [1.807, 2.05) is 0 Å². The highest BCUT2D eigenvalue weighted by Gasteiger charge is 2.12. The van der Waals surface area contributed by atoms with E-state index in [9.17, 15) is 0 Å². The van der Waals surface area contributed by atoms with Gasteiger partial charge < -0.3 is 19.9 Å². The van der Waals surface area contributed by atoms with Crippen molar-refractivity contribution in [1.29, 1.82) is 0 Å². The molecule has 4 N–H and O–H groups in total. The van der Waals surface area contributed by atoms with Crippen molar-refractivity contribution in [3.8, 4) is 45.0 Å². The number of hydrogen-bond acceptors (Lipinski definition) is 0. The SMILES string of the molecule is c1ccc2[nH]c(-c3ccc4ccc(-c5cc6ccccc6[nH]5)cc4c3)cc2c1.c1ccc2[nH]c(-c3cccc4c(-c5cc6ccccc6[nH]5)cccc34)cc2c1. The third-order valence-corrected chi connectivity index (χ3v) is 11.1. The van der Waals surface area contributed by atoms with Crippen LogP contribution >= 0.6 is 0 Å². The Morgan fingerprint density at radius 1 is 0.232 bits per heavy atom. The van der Waals surface area contributed by atoms with Crippen molar-refractivity contribution >= 4 is 65.2 Å². The molecule has 0 saturated carbocycles. The van der Waals surface area contributed by atoms with Gasteiger partial charge in [0.05, 0.1) is 0 Å². The summed E-state index contributed by atoms with van der Waals surface area (Å²) in [6, 6.07) is 69.0. The van der Waals surface area contributed by atoms with Gasteiger partial charge in [0.1, 0.15) is 0 Å². The molecule has 4 aromatic heterocycles. The molecule has 0 aliphatic heterocycles. The average molecular weight is 717 g/mol. The van der Waals surface area contributed by atoms with Crippen LogP contribution in [-0.4, -0.2) is 19.9 Å². The molecule has 0 unspecified atom stereocenters. The molecule has 12 aromatic rings. The van der Waals surface area contributed by atoms with Gasteiger partial charge in [0, 0.05) is 77.5 Å². The van der Waals surface area contributed by atoms with Gasteiger partial charge in [-0.3, -0.25) is 0 Å². The Balaban J connectivity index is 0.000000130. The van der Waals surface area contributed by atoms with Crippen LogP contribution in [0.5, 0.6) is 0 Å². The highest BCUT2D eigenvalue weighted by Crippen LogP contribution is 2.36. The van der Waals surface area contributed by atoms with Crippen molar-refractivity contribution in [3.63, 3.8) is 0 Å². The standard InChI is InChI=1S/2C26H18N2/c1-3-13-23-17(7-1)15-25(27-23)21-11-5-10-20-19(21)9-6-12-22(20)26-16-18-8-2-4-14-24(18)28-26;1-3-7-23-18(5-1)15-25(27-23)20-11-9-17-10-12-21(14-22(17)13-20)26-16-19-6-2-4-8-24(19)28-26/h2*1-16,27-28H. The number of fused-ring (bicyclic) bond motifs is 6. The van der Waals surface area contributed by atoms with Crippen LogP contribution < -0.4 is 0 Å².